The lowest BCUT2D eigenvalue weighted by atomic mass is 10.1. The molecule has 0 saturated heterocycles. The number of rotatable bonds is 9. The number of ketones is 1. The van der Waals surface area contributed by atoms with Crippen molar-refractivity contribution in [1.82, 2.24) is 5.43 Å². The van der Waals surface area contributed by atoms with Crippen LogP contribution in [0.25, 0.3) is 0 Å². The third kappa shape index (κ3) is 5.65. The third-order valence-corrected chi connectivity index (χ3v) is 4.76. The molecule has 0 aliphatic rings. The van der Waals surface area contributed by atoms with Crippen molar-refractivity contribution < 1.29 is 23.5 Å². The molecule has 2 amide bonds. The van der Waals surface area contributed by atoms with Crippen molar-refractivity contribution in [3.63, 3.8) is 0 Å². The predicted octanol–water partition coefficient (Wildman–Crippen LogP) is 3.74. The number of nitrogens with one attached hydrogen (secondary N) is 2. The van der Waals surface area contributed by atoms with Crippen molar-refractivity contribution in [2.24, 2.45) is 5.10 Å². The van der Waals surface area contributed by atoms with E-state index in [2.05, 4.69) is 15.8 Å². The minimum Gasteiger partial charge on any atom is -0.494 e. The summed E-state index contributed by atoms with van der Waals surface area (Å²) in [6.45, 7) is 2.41. The number of anilines is 1. The van der Waals surface area contributed by atoms with Gasteiger partial charge in [0.2, 0.25) is 0 Å². The van der Waals surface area contributed by atoms with Gasteiger partial charge in [0.25, 0.3) is 5.91 Å². The van der Waals surface area contributed by atoms with E-state index in [-0.39, 0.29) is 23.7 Å². The number of thiophene rings is 1. The van der Waals surface area contributed by atoms with Crippen molar-refractivity contribution in [2.75, 3.05) is 11.9 Å². The zero-order valence-electron chi connectivity index (χ0n) is 16.1. The molecule has 2 heterocycles. The van der Waals surface area contributed by atoms with E-state index in [1.165, 1.54) is 23.7 Å². The molecule has 0 atom stereocenters. The lowest BCUT2D eigenvalue weighted by molar-refractivity contribution is -0.110. The van der Waals surface area contributed by atoms with Gasteiger partial charge >= 0.3 is 5.91 Å². The molecular formula is C21H19N3O5S. The van der Waals surface area contributed by atoms with Gasteiger partial charge in [-0.15, -0.1) is 11.3 Å². The average molecular weight is 425 g/mol. The Morgan fingerprint density at radius 2 is 1.90 bits per heavy atom. The molecule has 3 aromatic rings. The Labute approximate surface area is 176 Å². The number of carbonyl (C=O) groups is 3. The van der Waals surface area contributed by atoms with Crippen molar-refractivity contribution >= 4 is 40.3 Å². The van der Waals surface area contributed by atoms with Gasteiger partial charge in [-0.25, -0.2) is 5.43 Å². The summed E-state index contributed by atoms with van der Waals surface area (Å²) in [5.41, 5.74) is 2.61. The fourth-order valence-electron chi connectivity index (χ4n) is 2.43. The van der Waals surface area contributed by atoms with Gasteiger partial charge in [-0.3, -0.25) is 14.4 Å². The van der Waals surface area contributed by atoms with Gasteiger partial charge in [0.05, 0.1) is 24.2 Å². The minimum atomic E-state index is -0.630. The van der Waals surface area contributed by atoms with E-state index < -0.39 is 11.8 Å². The van der Waals surface area contributed by atoms with Crippen LogP contribution in [0.4, 0.5) is 5.69 Å². The summed E-state index contributed by atoms with van der Waals surface area (Å²) in [6.07, 6.45) is 1.07. The number of hydrazone groups is 1. The zero-order chi connectivity index (χ0) is 21.3. The molecule has 1 aromatic carbocycles. The van der Waals surface area contributed by atoms with Crippen LogP contribution in [-0.4, -0.2) is 29.9 Å². The molecule has 0 saturated carbocycles. The Morgan fingerprint density at radius 3 is 2.53 bits per heavy atom. The molecule has 30 heavy (non-hydrogen) atoms. The number of amides is 2. The summed E-state index contributed by atoms with van der Waals surface area (Å²) >= 11 is 1.26. The van der Waals surface area contributed by atoms with Gasteiger partial charge in [-0.1, -0.05) is 6.07 Å². The van der Waals surface area contributed by atoms with E-state index in [0.29, 0.717) is 22.9 Å². The summed E-state index contributed by atoms with van der Waals surface area (Å²) in [7, 11) is 0. The smallest absolute Gasteiger partial charge is 0.307 e. The molecule has 0 bridgehead atoms. The second kappa shape index (κ2) is 10.2. The Balaban J connectivity index is 1.74. The molecule has 2 aromatic heterocycles. The van der Waals surface area contributed by atoms with E-state index in [1.54, 1.807) is 47.8 Å². The van der Waals surface area contributed by atoms with Crippen LogP contribution in [-0.2, 0) is 4.79 Å². The van der Waals surface area contributed by atoms with E-state index in [4.69, 9.17) is 9.15 Å². The SMILES string of the molecule is CCOc1ccc(NC(=O)C(CC(=O)c2cccs2)=NNC(=O)c2ccco2)cc1. The zero-order valence-corrected chi connectivity index (χ0v) is 16.9. The number of hydrogen-bond acceptors (Lipinski definition) is 7. The van der Waals surface area contributed by atoms with Crippen LogP contribution in [0.3, 0.4) is 0 Å². The van der Waals surface area contributed by atoms with Crippen LogP contribution >= 0.6 is 11.3 Å². The van der Waals surface area contributed by atoms with Crippen molar-refractivity contribution in [1.29, 1.82) is 0 Å². The number of benzene rings is 1. The molecule has 0 aliphatic heterocycles. The van der Waals surface area contributed by atoms with Crippen LogP contribution in [0.5, 0.6) is 5.75 Å². The molecule has 0 unspecified atom stereocenters. The fraction of sp³-hybridized carbons (Fsp3) is 0.143. The first kappa shape index (κ1) is 21.0. The summed E-state index contributed by atoms with van der Waals surface area (Å²) in [4.78, 5) is 37.8. The molecule has 0 aliphatic carbocycles. The molecule has 8 nitrogen and oxygen atoms in total. The molecular weight excluding hydrogens is 406 g/mol. The fourth-order valence-corrected chi connectivity index (χ4v) is 3.10. The number of nitrogens with zero attached hydrogens (tertiary/aromatic N) is 1. The second-order valence-electron chi connectivity index (χ2n) is 5.97. The number of Topliss-reactive ketones (excluding diaryl/α,β-unsaturated/α-hetero) is 1. The van der Waals surface area contributed by atoms with Crippen LogP contribution < -0.4 is 15.5 Å². The van der Waals surface area contributed by atoms with Crippen molar-refractivity contribution in [3.8, 4) is 5.75 Å². The Kier molecular flexibility index (Phi) is 7.12. The number of carbonyl (C=O) groups excluding carboxylic acids is 3. The Bertz CT molecular complexity index is 1030. The average Bonchev–Trinajstić information content (AvgIpc) is 3.46. The van der Waals surface area contributed by atoms with Gasteiger partial charge in [-0.05, 0) is 54.8 Å². The number of furan rings is 1. The van der Waals surface area contributed by atoms with Gasteiger partial charge in [0.15, 0.2) is 11.5 Å². The highest BCUT2D eigenvalue weighted by Gasteiger charge is 2.19. The van der Waals surface area contributed by atoms with Crippen LogP contribution in [0.2, 0.25) is 0 Å². The highest BCUT2D eigenvalue weighted by Crippen LogP contribution is 2.16. The summed E-state index contributed by atoms with van der Waals surface area (Å²) in [5.74, 6) is -0.811. The van der Waals surface area contributed by atoms with Crippen LogP contribution in [0.15, 0.2) is 69.7 Å². The lowest BCUT2D eigenvalue weighted by Gasteiger charge is -2.09. The van der Waals surface area contributed by atoms with E-state index in [1.807, 2.05) is 6.92 Å². The topological polar surface area (TPSA) is 110 Å². The molecule has 2 N–H and O–H groups in total. The quantitative estimate of drug-likeness (QED) is 0.308. The highest BCUT2D eigenvalue weighted by molar-refractivity contribution is 7.12. The van der Waals surface area contributed by atoms with Gasteiger partial charge < -0.3 is 14.5 Å². The molecule has 0 fully saturated rings. The normalized spacial score (nSPS) is 11.0. The first-order valence-electron chi connectivity index (χ1n) is 9.08. The monoisotopic (exact) mass is 425 g/mol. The van der Waals surface area contributed by atoms with E-state index in [0.717, 1.165) is 0 Å². The number of ether oxygens (including phenoxy) is 1. The largest absolute Gasteiger partial charge is 0.494 e. The van der Waals surface area contributed by atoms with E-state index >= 15 is 0 Å². The molecule has 154 valence electrons. The Hall–Kier alpha value is -3.72. The maximum Gasteiger partial charge on any atom is 0.307 e. The predicted molar refractivity (Wildman–Crippen MR) is 113 cm³/mol. The lowest BCUT2D eigenvalue weighted by Crippen LogP contribution is -2.29. The van der Waals surface area contributed by atoms with E-state index in [9.17, 15) is 14.4 Å². The summed E-state index contributed by atoms with van der Waals surface area (Å²) in [6, 6.07) is 13.2. The molecule has 0 radical (unpaired) electrons. The first-order valence-corrected chi connectivity index (χ1v) is 9.96. The van der Waals surface area contributed by atoms with Gasteiger partial charge in [0, 0.05) is 5.69 Å². The molecule has 9 heteroatoms. The molecule has 0 spiro atoms. The van der Waals surface area contributed by atoms with Crippen LogP contribution in [0, 0.1) is 0 Å². The van der Waals surface area contributed by atoms with Crippen molar-refractivity contribution in [3.05, 3.63) is 70.8 Å². The standard InChI is InChI=1S/C21H19N3O5S/c1-2-28-15-9-7-14(8-10-15)22-20(26)16(13-17(25)19-6-4-12-30-19)23-24-21(27)18-5-3-11-29-18/h3-12H,2,13H2,1H3,(H,22,26)(H,24,27). The third-order valence-electron chi connectivity index (χ3n) is 3.85. The Morgan fingerprint density at radius 1 is 1.10 bits per heavy atom. The van der Waals surface area contributed by atoms with Crippen molar-refractivity contribution in [2.45, 2.75) is 13.3 Å². The minimum absolute atomic E-state index is 0.0367. The summed E-state index contributed by atoms with van der Waals surface area (Å²) < 4.78 is 10.4. The molecule has 3 rings (SSSR count). The highest BCUT2D eigenvalue weighted by atomic mass is 32.1. The maximum atomic E-state index is 12.7. The first-order chi connectivity index (χ1) is 14.6. The van der Waals surface area contributed by atoms with Crippen LogP contribution in [0.1, 0.15) is 33.6 Å². The maximum absolute atomic E-state index is 12.7. The second-order valence-corrected chi connectivity index (χ2v) is 6.91. The summed E-state index contributed by atoms with van der Waals surface area (Å²) in [5, 5.41) is 8.31. The van der Waals surface area contributed by atoms with Gasteiger partial charge in [0.1, 0.15) is 11.5 Å². The van der Waals surface area contributed by atoms with Gasteiger partial charge in [-0.2, -0.15) is 5.10 Å². The number of hydrogen-bond donors (Lipinski definition) is 2.